The molecule has 2 saturated heterocycles. The van der Waals surface area contributed by atoms with E-state index < -0.39 is 0 Å². The molecule has 2 bridgehead atoms. The summed E-state index contributed by atoms with van der Waals surface area (Å²) >= 11 is 0. The van der Waals surface area contributed by atoms with Crippen LogP contribution in [0.2, 0.25) is 0 Å². The van der Waals surface area contributed by atoms with E-state index in [9.17, 15) is 0 Å². The maximum absolute atomic E-state index is 5.95. The zero-order valence-corrected chi connectivity index (χ0v) is 11.3. The summed E-state index contributed by atoms with van der Waals surface area (Å²) in [5.41, 5.74) is 1.16. The van der Waals surface area contributed by atoms with Gasteiger partial charge in [0.15, 0.2) is 6.29 Å². The highest BCUT2D eigenvalue weighted by molar-refractivity contribution is 5.13. The van der Waals surface area contributed by atoms with Crippen LogP contribution in [0.5, 0.6) is 0 Å². The molecule has 0 aliphatic carbocycles. The van der Waals surface area contributed by atoms with Crippen LogP contribution in [0.4, 0.5) is 0 Å². The molecule has 0 N–H and O–H groups in total. The minimum atomic E-state index is -0.255. The summed E-state index contributed by atoms with van der Waals surface area (Å²) in [4.78, 5) is 0. The summed E-state index contributed by atoms with van der Waals surface area (Å²) in [7, 11) is 1.72. The topological polar surface area (TPSA) is 36.9 Å². The summed E-state index contributed by atoms with van der Waals surface area (Å²) in [6.45, 7) is 2.60. The normalized spacial score (nSPS) is 37.5. The fraction of sp³-hybridized carbons (Fsp3) is 0.600. The van der Waals surface area contributed by atoms with Crippen molar-refractivity contribution in [1.82, 2.24) is 0 Å². The van der Waals surface area contributed by atoms with E-state index in [1.807, 2.05) is 25.1 Å². The van der Waals surface area contributed by atoms with Crippen molar-refractivity contribution in [2.45, 2.75) is 50.7 Å². The van der Waals surface area contributed by atoms with E-state index in [1.54, 1.807) is 7.11 Å². The Bertz CT molecular complexity index is 408. The highest BCUT2D eigenvalue weighted by atomic mass is 16.8. The summed E-state index contributed by atoms with van der Waals surface area (Å²) in [6.07, 6.45) is 0.658. The van der Waals surface area contributed by atoms with Crippen LogP contribution >= 0.6 is 0 Å². The summed E-state index contributed by atoms with van der Waals surface area (Å²) in [6, 6.07) is 10.1. The Kier molecular flexibility index (Phi) is 3.84. The number of hydrogen-bond acceptors (Lipinski definition) is 4. The predicted molar refractivity (Wildman–Crippen MR) is 69.6 cm³/mol. The highest BCUT2D eigenvalue weighted by Gasteiger charge is 2.48. The molecule has 4 nitrogen and oxygen atoms in total. The van der Waals surface area contributed by atoms with Gasteiger partial charge >= 0.3 is 0 Å². The van der Waals surface area contributed by atoms with Crippen molar-refractivity contribution >= 4 is 0 Å². The number of fused-ring (bicyclic) bond motifs is 2. The van der Waals surface area contributed by atoms with E-state index >= 15 is 0 Å². The van der Waals surface area contributed by atoms with Crippen LogP contribution < -0.4 is 0 Å². The zero-order valence-electron chi connectivity index (χ0n) is 11.3. The zero-order chi connectivity index (χ0) is 13.2. The van der Waals surface area contributed by atoms with E-state index in [0.717, 1.165) is 12.0 Å². The number of benzene rings is 1. The SMILES string of the molecule is CO[C@H]1C[C@@H](OCc2ccccc2)[C@H]2O[C@@H]1[C@@H](C)O2. The first-order valence-electron chi connectivity index (χ1n) is 6.77. The molecule has 1 aromatic carbocycles. The fourth-order valence-electron chi connectivity index (χ4n) is 2.78. The summed E-state index contributed by atoms with van der Waals surface area (Å²) in [5.74, 6) is 0. The number of hydrogen-bond donors (Lipinski definition) is 0. The molecule has 5 atom stereocenters. The fourth-order valence-corrected chi connectivity index (χ4v) is 2.78. The van der Waals surface area contributed by atoms with Gasteiger partial charge < -0.3 is 18.9 Å². The van der Waals surface area contributed by atoms with Crippen molar-refractivity contribution in [3.63, 3.8) is 0 Å². The molecule has 2 fully saturated rings. The van der Waals surface area contributed by atoms with Gasteiger partial charge in [-0.05, 0) is 12.5 Å². The third kappa shape index (κ3) is 2.67. The van der Waals surface area contributed by atoms with Gasteiger partial charge in [-0.25, -0.2) is 0 Å². The molecule has 104 valence electrons. The Morgan fingerprint density at radius 2 is 1.95 bits per heavy atom. The van der Waals surface area contributed by atoms with Gasteiger partial charge in [0.25, 0.3) is 0 Å². The van der Waals surface area contributed by atoms with E-state index in [2.05, 4.69) is 12.1 Å². The van der Waals surface area contributed by atoms with E-state index in [-0.39, 0.29) is 30.7 Å². The van der Waals surface area contributed by atoms with E-state index in [0.29, 0.717) is 6.61 Å². The Morgan fingerprint density at radius 1 is 1.16 bits per heavy atom. The maximum Gasteiger partial charge on any atom is 0.184 e. The van der Waals surface area contributed by atoms with Gasteiger partial charge in [0.1, 0.15) is 12.2 Å². The van der Waals surface area contributed by atoms with Crippen molar-refractivity contribution in [2.24, 2.45) is 0 Å². The number of methoxy groups -OCH3 is 1. The van der Waals surface area contributed by atoms with Crippen LogP contribution in [0.25, 0.3) is 0 Å². The molecule has 1 aromatic rings. The first kappa shape index (κ1) is 13.1. The number of ether oxygens (including phenoxy) is 4. The molecule has 2 aliphatic heterocycles. The molecule has 0 aromatic heterocycles. The molecule has 2 heterocycles. The average Bonchev–Trinajstić information content (AvgIpc) is 2.77. The van der Waals surface area contributed by atoms with E-state index in [4.69, 9.17) is 18.9 Å². The first-order chi connectivity index (χ1) is 9.28. The van der Waals surface area contributed by atoms with Crippen LogP contribution in [0.1, 0.15) is 18.9 Å². The van der Waals surface area contributed by atoms with Crippen LogP contribution in [-0.4, -0.2) is 37.8 Å². The molecule has 19 heavy (non-hydrogen) atoms. The van der Waals surface area contributed by atoms with Crippen molar-refractivity contribution < 1.29 is 18.9 Å². The Morgan fingerprint density at radius 3 is 2.68 bits per heavy atom. The molecule has 0 spiro atoms. The molecule has 0 saturated carbocycles. The van der Waals surface area contributed by atoms with Crippen LogP contribution in [0.3, 0.4) is 0 Å². The van der Waals surface area contributed by atoms with Crippen LogP contribution in [-0.2, 0) is 25.6 Å². The van der Waals surface area contributed by atoms with Crippen LogP contribution in [0, 0.1) is 0 Å². The Labute approximate surface area is 113 Å². The minimum Gasteiger partial charge on any atom is -0.379 e. The molecule has 3 rings (SSSR count). The van der Waals surface area contributed by atoms with Gasteiger partial charge in [-0.15, -0.1) is 0 Å². The van der Waals surface area contributed by atoms with Crippen molar-refractivity contribution in [1.29, 1.82) is 0 Å². The minimum absolute atomic E-state index is 0.0339. The molecular formula is C15H20O4. The van der Waals surface area contributed by atoms with Crippen molar-refractivity contribution in [3.8, 4) is 0 Å². The predicted octanol–water partition coefficient (Wildman–Crippen LogP) is 2.12. The second kappa shape index (κ2) is 5.59. The molecule has 4 heteroatoms. The standard InChI is InChI=1S/C15H20O4/c1-10-14-12(16-2)8-13(15(18-10)19-14)17-9-11-6-4-3-5-7-11/h3-7,10,12-15H,8-9H2,1-2H3/t10-,12+,13-,14-,15-/m1/s1. The average molecular weight is 264 g/mol. The van der Waals surface area contributed by atoms with Gasteiger partial charge in [0.2, 0.25) is 0 Å². The van der Waals surface area contributed by atoms with E-state index in [1.165, 1.54) is 0 Å². The lowest BCUT2D eigenvalue weighted by molar-refractivity contribution is -0.205. The molecule has 2 aliphatic rings. The Balaban J connectivity index is 1.62. The third-order valence-electron chi connectivity index (χ3n) is 3.85. The maximum atomic E-state index is 5.95. The van der Waals surface area contributed by atoms with Gasteiger partial charge in [-0.1, -0.05) is 30.3 Å². The summed E-state index contributed by atoms with van der Waals surface area (Å²) in [5, 5.41) is 0. The second-order valence-electron chi connectivity index (χ2n) is 5.16. The van der Waals surface area contributed by atoms with Crippen molar-refractivity contribution in [2.75, 3.05) is 7.11 Å². The largest absolute Gasteiger partial charge is 0.379 e. The number of rotatable bonds is 4. The monoisotopic (exact) mass is 264 g/mol. The quantitative estimate of drug-likeness (QED) is 0.834. The first-order valence-corrected chi connectivity index (χ1v) is 6.77. The highest BCUT2D eigenvalue weighted by Crippen LogP contribution is 2.35. The lowest BCUT2D eigenvalue weighted by Gasteiger charge is -2.33. The van der Waals surface area contributed by atoms with Gasteiger partial charge in [-0.2, -0.15) is 0 Å². The second-order valence-corrected chi connectivity index (χ2v) is 5.16. The smallest absolute Gasteiger partial charge is 0.184 e. The molecule has 0 unspecified atom stereocenters. The van der Waals surface area contributed by atoms with Crippen LogP contribution in [0.15, 0.2) is 30.3 Å². The molecule has 0 amide bonds. The van der Waals surface area contributed by atoms with Gasteiger partial charge in [0.05, 0.1) is 18.8 Å². The lowest BCUT2D eigenvalue weighted by Crippen LogP contribution is -2.44. The molecule has 0 radical (unpaired) electrons. The lowest BCUT2D eigenvalue weighted by atomic mass is 10.0. The molecular weight excluding hydrogens is 244 g/mol. The van der Waals surface area contributed by atoms with Crippen molar-refractivity contribution in [3.05, 3.63) is 35.9 Å². The van der Waals surface area contributed by atoms with Gasteiger partial charge in [-0.3, -0.25) is 0 Å². The third-order valence-corrected chi connectivity index (χ3v) is 3.85. The Hall–Kier alpha value is -0.940. The van der Waals surface area contributed by atoms with Gasteiger partial charge in [0, 0.05) is 13.5 Å². The summed E-state index contributed by atoms with van der Waals surface area (Å²) < 4.78 is 23.1.